The second-order valence-electron chi connectivity index (χ2n) is 6.67. The number of hydrogen-bond donors (Lipinski definition) is 0. The molecule has 128 valence electrons. The molecule has 1 aliphatic heterocycles. The second kappa shape index (κ2) is 6.51. The lowest BCUT2D eigenvalue weighted by Crippen LogP contribution is -2.28. The standard InChI is InChI=1S/C18H24N4OS/c1-11-8-15(21(4)5)9-16(19-11)14-6-7-22(10-14)18(23)17-12(2)20-13(3)24-17/h8-9,14H,6-7,10H2,1-5H3/t14-/m1/s1. The molecule has 0 N–H and O–H groups in total. The Bertz CT molecular complexity index is 768. The number of carbonyl (C=O) groups is 1. The van der Waals surface area contributed by atoms with Gasteiger partial charge in [-0.25, -0.2) is 4.98 Å². The third-order valence-corrected chi connectivity index (χ3v) is 5.53. The lowest BCUT2D eigenvalue weighted by molar-refractivity contribution is 0.0794. The first-order valence-corrected chi connectivity index (χ1v) is 9.06. The molecule has 0 radical (unpaired) electrons. The fourth-order valence-corrected chi connectivity index (χ4v) is 4.09. The summed E-state index contributed by atoms with van der Waals surface area (Å²) in [4.78, 5) is 26.7. The van der Waals surface area contributed by atoms with E-state index in [0.29, 0.717) is 5.92 Å². The Labute approximate surface area is 147 Å². The van der Waals surface area contributed by atoms with Gasteiger partial charge >= 0.3 is 0 Å². The smallest absolute Gasteiger partial charge is 0.265 e. The van der Waals surface area contributed by atoms with Gasteiger partial charge in [0, 0.05) is 50.2 Å². The van der Waals surface area contributed by atoms with E-state index < -0.39 is 0 Å². The first kappa shape index (κ1) is 16.9. The van der Waals surface area contributed by atoms with Crippen LogP contribution in [0.1, 0.15) is 44.1 Å². The van der Waals surface area contributed by atoms with Crippen molar-refractivity contribution in [1.29, 1.82) is 0 Å². The van der Waals surface area contributed by atoms with E-state index in [0.717, 1.165) is 52.2 Å². The fourth-order valence-electron chi connectivity index (χ4n) is 3.20. The molecule has 24 heavy (non-hydrogen) atoms. The molecule has 0 aromatic carbocycles. The van der Waals surface area contributed by atoms with Crippen LogP contribution < -0.4 is 4.90 Å². The molecule has 1 aliphatic rings. The fraction of sp³-hybridized carbons (Fsp3) is 0.500. The summed E-state index contributed by atoms with van der Waals surface area (Å²) >= 11 is 1.49. The van der Waals surface area contributed by atoms with Gasteiger partial charge in [0.1, 0.15) is 4.88 Å². The summed E-state index contributed by atoms with van der Waals surface area (Å²) in [7, 11) is 4.08. The van der Waals surface area contributed by atoms with Crippen LogP contribution in [0.2, 0.25) is 0 Å². The molecule has 0 saturated carbocycles. The molecular formula is C18H24N4OS. The van der Waals surface area contributed by atoms with Crippen molar-refractivity contribution in [2.24, 2.45) is 0 Å². The van der Waals surface area contributed by atoms with Gasteiger partial charge in [0.05, 0.1) is 10.7 Å². The van der Waals surface area contributed by atoms with E-state index in [9.17, 15) is 4.79 Å². The van der Waals surface area contributed by atoms with Crippen molar-refractivity contribution in [2.75, 3.05) is 32.1 Å². The number of rotatable bonds is 3. The van der Waals surface area contributed by atoms with Crippen LogP contribution in [0.15, 0.2) is 12.1 Å². The molecule has 2 aromatic heterocycles. The van der Waals surface area contributed by atoms with Crippen molar-refractivity contribution in [3.8, 4) is 0 Å². The Morgan fingerprint density at radius 1 is 1.25 bits per heavy atom. The van der Waals surface area contributed by atoms with E-state index in [1.54, 1.807) is 0 Å². The summed E-state index contributed by atoms with van der Waals surface area (Å²) in [5, 5.41) is 0.947. The van der Waals surface area contributed by atoms with E-state index >= 15 is 0 Å². The highest BCUT2D eigenvalue weighted by atomic mass is 32.1. The van der Waals surface area contributed by atoms with Gasteiger partial charge in [-0.2, -0.15) is 0 Å². The number of pyridine rings is 1. The van der Waals surface area contributed by atoms with Gasteiger partial charge in [-0.3, -0.25) is 9.78 Å². The van der Waals surface area contributed by atoms with E-state index in [1.807, 2.05) is 39.8 Å². The summed E-state index contributed by atoms with van der Waals surface area (Å²) in [5.41, 5.74) is 4.12. The van der Waals surface area contributed by atoms with Gasteiger partial charge < -0.3 is 9.80 Å². The Morgan fingerprint density at radius 2 is 2.00 bits per heavy atom. The number of carbonyl (C=O) groups excluding carboxylic acids is 1. The molecule has 2 aromatic rings. The number of thiazole rings is 1. The zero-order valence-electron chi connectivity index (χ0n) is 15.0. The number of aromatic nitrogens is 2. The first-order valence-electron chi connectivity index (χ1n) is 8.24. The number of nitrogens with zero attached hydrogens (tertiary/aromatic N) is 4. The summed E-state index contributed by atoms with van der Waals surface area (Å²) in [6.07, 6.45) is 0.964. The van der Waals surface area contributed by atoms with Crippen LogP contribution in [0, 0.1) is 20.8 Å². The molecule has 3 rings (SSSR count). The number of aryl methyl sites for hydroxylation is 3. The van der Waals surface area contributed by atoms with Crippen LogP contribution in [0.25, 0.3) is 0 Å². The SMILES string of the molecule is Cc1cc(N(C)C)cc([C@@H]2CCN(C(=O)c3sc(C)nc3C)C2)n1. The zero-order valence-corrected chi connectivity index (χ0v) is 15.8. The van der Waals surface area contributed by atoms with Crippen molar-refractivity contribution >= 4 is 22.9 Å². The minimum atomic E-state index is 0.112. The molecule has 0 spiro atoms. The number of amides is 1. The summed E-state index contributed by atoms with van der Waals surface area (Å²) < 4.78 is 0. The quantitative estimate of drug-likeness (QED) is 0.858. The summed E-state index contributed by atoms with van der Waals surface area (Å²) in [6.45, 7) is 7.40. The highest BCUT2D eigenvalue weighted by Gasteiger charge is 2.30. The monoisotopic (exact) mass is 344 g/mol. The van der Waals surface area contributed by atoms with Crippen LogP contribution in [-0.2, 0) is 0 Å². The Balaban J connectivity index is 1.78. The van der Waals surface area contributed by atoms with E-state index in [2.05, 4.69) is 22.0 Å². The van der Waals surface area contributed by atoms with Gasteiger partial charge in [0.15, 0.2) is 0 Å². The lowest BCUT2D eigenvalue weighted by Gasteiger charge is -2.18. The molecule has 1 atom stereocenters. The number of hydrogen-bond acceptors (Lipinski definition) is 5. The molecule has 1 fully saturated rings. The van der Waals surface area contributed by atoms with Crippen molar-refractivity contribution in [3.05, 3.63) is 39.1 Å². The van der Waals surface area contributed by atoms with Crippen LogP contribution >= 0.6 is 11.3 Å². The van der Waals surface area contributed by atoms with Crippen LogP contribution in [0.4, 0.5) is 5.69 Å². The average molecular weight is 344 g/mol. The highest BCUT2D eigenvalue weighted by Crippen LogP contribution is 2.30. The zero-order chi connectivity index (χ0) is 17.4. The van der Waals surface area contributed by atoms with Crippen molar-refractivity contribution in [2.45, 2.75) is 33.1 Å². The molecule has 0 unspecified atom stereocenters. The van der Waals surface area contributed by atoms with Gasteiger partial charge in [-0.05, 0) is 39.3 Å². The van der Waals surface area contributed by atoms with Gasteiger partial charge in [-0.1, -0.05) is 0 Å². The van der Waals surface area contributed by atoms with Crippen LogP contribution in [0.3, 0.4) is 0 Å². The normalized spacial score (nSPS) is 17.4. The van der Waals surface area contributed by atoms with Crippen molar-refractivity contribution in [3.63, 3.8) is 0 Å². The number of anilines is 1. The molecule has 1 saturated heterocycles. The van der Waals surface area contributed by atoms with E-state index in [4.69, 9.17) is 4.98 Å². The van der Waals surface area contributed by atoms with Gasteiger partial charge in [0.25, 0.3) is 5.91 Å². The average Bonchev–Trinajstić information content (AvgIpc) is 3.12. The molecule has 0 bridgehead atoms. The third-order valence-electron chi connectivity index (χ3n) is 4.47. The maximum Gasteiger partial charge on any atom is 0.265 e. The van der Waals surface area contributed by atoms with E-state index in [-0.39, 0.29) is 5.91 Å². The van der Waals surface area contributed by atoms with E-state index in [1.165, 1.54) is 11.3 Å². The Hall–Kier alpha value is -1.95. The molecule has 5 nitrogen and oxygen atoms in total. The van der Waals surface area contributed by atoms with Crippen molar-refractivity contribution in [1.82, 2.24) is 14.9 Å². The number of likely N-dealkylation sites (tertiary alicyclic amines) is 1. The van der Waals surface area contributed by atoms with Crippen LogP contribution in [0.5, 0.6) is 0 Å². The minimum Gasteiger partial charge on any atom is -0.378 e. The lowest BCUT2D eigenvalue weighted by atomic mass is 10.0. The molecule has 0 aliphatic carbocycles. The molecular weight excluding hydrogens is 320 g/mol. The van der Waals surface area contributed by atoms with Crippen molar-refractivity contribution < 1.29 is 4.79 Å². The predicted octanol–water partition coefficient (Wildman–Crippen LogP) is 3.16. The van der Waals surface area contributed by atoms with Crippen LogP contribution in [-0.4, -0.2) is 48.0 Å². The largest absolute Gasteiger partial charge is 0.378 e. The maximum atomic E-state index is 12.8. The second-order valence-corrected chi connectivity index (χ2v) is 7.87. The molecule has 3 heterocycles. The first-order chi connectivity index (χ1) is 11.3. The summed E-state index contributed by atoms with van der Waals surface area (Å²) in [6, 6.07) is 4.23. The third kappa shape index (κ3) is 3.29. The Morgan fingerprint density at radius 3 is 2.62 bits per heavy atom. The topological polar surface area (TPSA) is 49.3 Å². The maximum absolute atomic E-state index is 12.8. The van der Waals surface area contributed by atoms with Gasteiger partial charge in [-0.15, -0.1) is 11.3 Å². The summed E-state index contributed by atoms with van der Waals surface area (Å²) in [5.74, 6) is 0.419. The molecule has 1 amide bonds. The Kier molecular flexibility index (Phi) is 4.58. The minimum absolute atomic E-state index is 0.112. The van der Waals surface area contributed by atoms with Gasteiger partial charge in [0.2, 0.25) is 0 Å². The molecule has 6 heteroatoms. The highest BCUT2D eigenvalue weighted by molar-refractivity contribution is 7.13. The predicted molar refractivity (Wildman–Crippen MR) is 98.2 cm³/mol.